The first-order chi connectivity index (χ1) is 8.68. The maximum Gasteiger partial charge on any atom is 0.151 e. The molecule has 0 bridgehead atoms. The van der Waals surface area contributed by atoms with Crippen LogP contribution in [-0.2, 0) is 0 Å². The minimum absolute atomic E-state index is 0.112. The molecule has 0 aliphatic carbocycles. The Labute approximate surface area is 147 Å². The van der Waals surface area contributed by atoms with Crippen LogP contribution >= 0.6 is 63.7 Å². The molecule has 1 aromatic carbocycles. The molecule has 1 N–H and O–H groups in total. The molecule has 0 spiro atoms. The van der Waals surface area contributed by atoms with Gasteiger partial charge in [-0.2, -0.15) is 0 Å². The summed E-state index contributed by atoms with van der Waals surface area (Å²) in [6, 6.07) is 0. The zero-order valence-corrected chi connectivity index (χ0v) is 17.1. The highest BCUT2D eigenvalue weighted by atomic mass is 79.9. The first-order valence-corrected chi connectivity index (χ1v) is 8.75. The molecule has 1 unspecified atom stereocenters. The monoisotopic (exact) mass is 518 g/mol. The summed E-state index contributed by atoms with van der Waals surface area (Å²) in [7, 11) is 0. The van der Waals surface area contributed by atoms with Crippen LogP contribution in [0.3, 0.4) is 0 Å². The summed E-state index contributed by atoms with van der Waals surface area (Å²) in [6.07, 6.45) is -0.129. The van der Waals surface area contributed by atoms with Gasteiger partial charge in [0, 0.05) is 0 Å². The molecular weight excluding hydrogens is 508 g/mol. The van der Waals surface area contributed by atoms with Gasteiger partial charge in [-0.05, 0) is 82.1 Å². The maximum atomic E-state index is 9.90. The molecule has 0 aliphatic rings. The second-order valence-electron chi connectivity index (χ2n) is 4.42. The fourth-order valence-electron chi connectivity index (χ4n) is 1.43. The molecule has 0 radical (unpaired) electrons. The molecule has 1 rings (SSSR count). The maximum absolute atomic E-state index is 9.90. The first kappa shape index (κ1) is 17.5. The van der Waals surface area contributed by atoms with Crippen molar-refractivity contribution >= 4 is 63.7 Å². The molecule has 1 aromatic rings. The molecule has 0 saturated carbocycles. The summed E-state index contributed by atoms with van der Waals surface area (Å²) in [5, 5.41) is 9.90. The predicted molar refractivity (Wildman–Crippen MR) is 93.0 cm³/mol. The lowest BCUT2D eigenvalue weighted by molar-refractivity contribution is 0.242. The number of halogens is 4. The zero-order chi connectivity index (χ0) is 14.9. The third kappa shape index (κ3) is 3.77. The third-order valence-corrected chi connectivity index (χ3v) is 6.88. The summed E-state index contributed by atoms with van der Waals surface area (Å²) in [6.45, 7) is 10.2. The van der Waals surface area contributed by atoms with E-state index in [2.05, 4.69) is 84.1 Å². The summed E-state index contributed by atoms with van der Waals surface area (Å²) < 4.78 is 8.35. The van der Waals surface area contributed by atoms with Crippen LogP contribution in [0, 0.1) is 5.92 Å². The zero-order valence-electron chi connectivity index (χ0n) is 10.7. The van der Waals surface area contributed by atoms with E-state index in [0.29, 0.717) is 29.6 Å². The van der Waals surface area contributed by atoms with E-state index in [1.165, 1.54) is 0 Å². The van der Waals surface area contributed by atoms with E-state index in [1.807, 2.05) is 6.92 Å². The Hall–Kier alpha value is 0.480. The van der Waals surface area contributed by atoms with Gasteiger partial charge in [-0.3, -0.25) is 0 Å². The molecule has 6 heteroatoms. The molecule has 0 heterocycles. The van der Waals surface area contributed by atoms with Crippen molar-refractivity contribution in [3.05, 3.63) is 30.0 Å². The molecule has 19 heavy (non-hydrogen) atoms. The van der Waals surface area contributed by atoms with E-state index in [1.54, 1.807) is 0 Å². The highest BCUT2D eigenvalue weighted by Crippen LogP contribution is 2.50. The van der Waals surface area contributed by atoms with Crippen molar-refractivity contribution in [1.82, 2.24) is 0 Å². The number of benzene rings is 1. The largest absolute Gasteiger partial charge is 0.505 e. The fraction of sp³-hybridized carbons (Fsp3) is 0.385. The van der Waals surface area contributed by atoms with E-state index in [-0.39, 0.29) is 11.9 Å². The molecule has 0 fully saturated rings. The van der Waals surface area contributed by atoms with Crippen LogP contribution in [0.25, 0.3) is 0 Å². The molecule has 1 atom stereocenters. The molecule has 0 saturated heterocycles. The number of aromatic hydroxyl groups is 1. The molecule has 0 amide bonds. The van der Waals surface area contributed by atoms with Gasteiger partial charge in [-0.15, -0.1) is 0 Å². The van der Waals surface area contributed by atoms with Gasteiger partial charge in [0.2, 0.25) is 0 Å². The molecule has 0 aliphatic heterocycles. The van der Waals surface area contributed by atoms with Crippen LogP contribution < -0.4 is 4.74 Å². The van der Waals surface area contributed by atoms with Gasteiger partial charge in [0.05, 0.1) is 17.9 Å². The van der Waals surface area contributed by atoms with Crippen molar-refractivity contribution in [2.75, 3.05) is 0 Å². The normalized spacial score (nSPS) is 12.6. The third-order valence-electron chi connectivity index (χ3n) is 2.76. The molecule has 2 nitrogen and oxygen atoms in total. The lowest BCUT2D eigenvalue weighted by Crippen LogP contribution is -2.18. The highest BCUT2D eigenvalue weighted by Gasteiger charge is 2.22. The Morgan fingerprint density at radius 3 is 1.79 bits per heavy atom. The average molecular weight is 522 g/mol. The van der Waals surface area contributed by atoms with Crippen molar-refractivity contribution in [1.29, 1.82) is 0 Å². The average Bonchev–Trinajstić information content (AvgIpc) is 2.37. The van der Waals surface area contributed by atoms with Crippen LogP contribution in [0.1, 0.15) is 20.8 Å². The van der Waals surface area contributed by atoms with Crippen molar-refractivity contribution < 1.29 is 9.84 Å². The fourth-order valence-corrected chi connectivity index (χ4v) is 3.67. The second kappa shape index (κ2) is 6.96. The Morgan fingerprint density at radius 1 is 1.00 bits per heavy atom. The van der Waals surface area contributed by atoms with E-state index in [9.17, 15) is 5.11 Å². The van der Waals surface area contributed by atoms with Crippen LogP contribution in [0.4, 0.5) is 0 Å². The number of ether oxygens (including phenoxy) is 1. The van der Waals surface area contributed by atoms with Gasteiger partial charge in [-0.1, -0.05) is 20.4 Å². The minimum Gasteiger partial charge on any atom is -0.505 e. The van der Waals surface area contributed by atoms with Gasteiger partial charge < -0.3 is 9.84 Å². The summed E-state index contributed by atoms with van der Waals surface area (Å²) in [5.74, 6) is 1.07. The minimum atomic E-state index is -0.129. The summed E-state index contributed by atoms with van der Waals surface area (Å²) in [4.78, 5) is 0. The standard InChI is InChI=1S/C13H14Br4O2/c1-5(2)6(3)7(4)19-13-10(16)8(14)12(18)9(15)11(13)17/h5,7,18H,3H2,1-2,4H3. The van der Waals surface area contributed by atoms with Crippen molar-refractivity contribution in [2.24, 2.45) is 5.92 Å². The Balaban J connectivity index is 3.19. The van der Waals surface area contributed by atoms with Crippen molar-refractivity contribution in [3.8, 4) is 11.5 Å². The van der Waals surface area contributed by atoms with E-state index >= 15 is 0 Å². The Bertz CT molecular complexity index is 483. The number of rotatable bonds is 4. The van der Waals surface area contributed by atoms with Gasteiger partial charge in [-0.25, -0.2) is 0 Å². The van der Waals surface area contributed by atoms with E-state index in [4.69, 9.17) is 4.74 Å². The van der Waals surface area contributed by atoms with Crippen molar-refractivity contribution in [2.45, 2.75) is 26.9 Å². The van der Waals surface area contributed by atoms with Crippen LogP contribution in [-0.4, -0.2) is 11.2 Å². The van der Waals surface area contributed by atoms with Gasteiger partial charge in [0.15, 0.2) is 5.75 Å². The SMILES string of the molecule is C=C(C(C)C)C(C)Oc1c(Br)c(Br)c(O)c(Br)c1Br. The van der Waals surface area contributed by atoms with Gasteiger partial charge in [0.25, 0.3) is 0 Å². The molecule has 106 valence electrons. The van der Waals surface area contributed by atoms with Crippen LogP contribution in [0.2, 0.25) is 0 Å². The predicted octanol–water partition coefficient (Wildman–Crippen LogP) is 6.42. The van der Waals surface area contributed by atoms with E-state index in [0.717, 1.165) is 5.57 Å². The number of phenolic OH excluding ortho intramolecular Hbond substituents is 1. The molecule has 0 aromatic heterocycles. The van der Waals surface area contributed by atoms with Gasteiger partial charge >= 0.3 is 0 Å². The first-order valence-electron chi connectivity index (χ1n) is 5.58. The van der Waals surface area contributed by atoms with Crippen LogP contribution in [0.15, 0.2) is 30.0 Å². The van der Waals surface area contributed by atoms with Crippen LogP contribution in [0.5, 0.6) is 11.5 Å². The Morgan fingerprint density at radius 2 is 1.42 bits per heavy atom. The van der Waals surface area contributed by atoms with Gasteiger partial charge in [0.1, 0.15) is 11.9 Å². The number of hydrogen-bond donors (Lipinski definition) is 1. The number of phenols is 1. The number of hydrogen-bond acceptors (Lipinski definition) is 2. The lowest BCUT2D eigenvalue weighted by atomic mass is 10.0. The van der Waals surface area contributed by atoms with Crippen molar-refractivity contribution in [3.63, 3.8) is 0 Å². The topological polar surface area (TPSA) is 29.5 Å². The smallest absolute Gasteiger partial charge is 0.151 e. The lowest BCUT2D eigenvalue weighted by Gasteiger charge is -2.22. The highest BCUT2D eigenvalue weighted by molar-refractivity contribution is 9.14. The quantitative estimate of drug-likeness (QED) is 0.366. The van der Waals surface area contributed by atoms with E-state index < -0.39 is 0 Å². The summed E-state index contributed by atoms with van der Waals surface area (Å²) in [5.41, 5.74) is 1.01. The summed E-state index contributed by atoms with van der Waals surface area (Å²) >= 11 is 13.5. The Kier molecular flexibility index (Phi) is 6.42. The molecular formula is C13H14Br4O2. The second-order valence-corrected chi connectivity index (χ2v) is 7.60.